The molecule has 34 heavy (non-hydrogen) atoms. The molecule has 0 amide bonds. The first kappa shape index (κ1) is 24.4. The number of nitro benzene ring substituents is 1. The Morgan fingerprint density at radius 1 is 0.971 bits per heavy atom. The molecule has 0 atom stereocenters. The molecule has 0 spiro atoms. The molecule has 0 radical (unpaired) electrons. The number of methoxy groups -OCH3 is 1. The molecule has 8 nitrogen and oxygen atoms in total. The Hall–Kier alpha value is -4.20. The highest BCUT2D eigenvalue weighted by Crippen LogP contribution is 2.41. The van der Waals surface area contributed by atoms with E-state index in [9.17, 15) is 19.7 Å². The van der Waals surface area contributed by atoms with Gasteiger partial charge < -0.3 is 14.2 Å². The van der Waals surface area contributed by atoms with E-state index in [0.717, 1.165) is 5.56 Å². The van der Waals surface area contributed by atoms with Crippen molar-refractivity contribution in [2.75, 3.05) is 7.11 Å². The molecule has 3 rings (SSSR count). The van der Waals surface area contributed by atoms with E-state index in [1.165, 1.54) is 25.3 Å². The topological polar surface area (TPSA) is 105 Å². The molecule has 0 unspecified atom stereocenters. The molecule has 8 heteroatoms. The molecule has 0 saturated carbocycles. The highest BCUT2D eigenvalue weighted by Gasteiger charge is 2.32. The molecule has 0 aliphatic rings. The minimum absolute atomic E-state index is 0.0351. The Morgan fingerprint density at radius 2 is 1.62 bits per heavy atom. The molecular formula is C26H25NO7. The van der Waals surface area contributed by atoms with Crippen LogP contribution in [0.5, 0.6) is 5.75 Å². The lowest BCUT2D eigenvalue weighted by Crippen LogP contribution is -2.18. The van der Waals surface area contributed by atoms with E-state index in [4.69, 9.17) is 14.2 Å². The minimum atomic E-state index is -0.796. The van der Waals surface area contributed by atoms with Crippen LogP contribution in [0.4, 0.5) is 5.69 Å². The van der Waals surface area contributed by atoms with Crippen LogP contribution < -0.4 is 4.74 Å². The second-order valence-corrected chi connectivity index (χ2v) is 7.81. The van der Waals surface area contributed by atoms with E-state index in [2.05, 4.69) is 0 Å². The summed E-state index contributed by atoms with van der Waals surface area (Å²) in [6.45, 7) is 5.18. The summed E-state index contributed by atoms with van der Waals surface area (Å²) in [6, 6.07) is 16.7. The smallest absolute Gasteiger partial charge is 0.342 e. The third-order valence-corrected chi connectivity index (χ3v) is 5.03. The largest absolute Gasteiger partial charge is 0.488 e. The van der Waals surface area contributed by atoms with Crippen LogP contribution in [0.3, 0.4) is 0 Å². The van der Waals surface area contributed by atoms with Crippen LogP contribution in [0.1, 0.15) is 45.7 Å². The summed E-state index contributed by atoms with van der Waals surface area (Å²) in [5.74, 6) is -1.36. The van der Waals surface area contributed by atoms with Crippen LogP contribution in [-0.4, -0.2) is 30.1 Å². The molecule has 0 bridgehead atoms. The summed E-state index contributed by atoms with van der Waals surface area (Å²) in [5.41, 5.74) is 1.08. The summed E-state index contributed by atoms with van der Waals surface area (Å²) >= 11 is 0. The van der Waals surface area contributed by atoms with Gasteiger partial charge in [0.25, 0.3) is 5.69 Å². The Morgan fingerprint density at radius 3 is 2.24 bits per heavy atom. The molecule has 176 valence electrons. The number of esters is 2. The fourth-order valence-electron chi connectivity index (χ4n) is 3.59. The average Bonchev–Trinajstić information content (AvgIpc) is 2.81. The number of aryl methyl sites for hydroxylation is 1. The molecule has 0 aliphatic carbocycles. The third kappa shape index (κ3) is 5.23. The molecule has 0 aliphatic heterocycles. The van der Waals surface area contributed by atoms with Crippen molar-refractivity contribution in [3.8, 4) is 16.9 Å². The van der Waals surface area contributed by atoms with Crippen LogP contribution in [0, 0.1) is 17.0 Å². The van der Waals surface area contributed by atoms with Gasteiger partial charge in [-0.1, -0.05) is 42.5 Å². The number of para-hydroxylation sites is 1. The van der Waals surface area contributed by atoms with Crippen molar-refractivity contribution in [2.45, 2.75) is 33.5 Å². The second kappa shape index (κ2) is 10.6. The van der Waals surface area contributed by atoms with Gasteiger partial charge in [-0.25, -0.2) is 9.59 Å². The van der Waals surface area contributed by atoms with Gasteiger partial charge >= 0.3 is 11.9 Å². The van der Waals surface area contributed by atoms with Crippen molar-refractivity contribution < 1.29 is 28.7 Å². The lowest BCUT2D eigenvalue weighted by Gasteiger charge is -2.20. The Balaban J connectivity index is 2.33. The number of nitrogens with zero attached hydrogens (tertiary/aromatic N) is 1. The van der Waals surface area contributed by atoms with Crippen LogP contribution in [0.15, 0.2) is 60.7 Å². The summed E-state index contributed by atoms with van der Waals surface area (Å²) < 4.78 is 16.4. The van der Waals surface area contributed by atoms with Crippen LogP contribution >= 0.6 is 0 Å². The van der Waals surface area contributed by atoms with Crippen molar-refractivity contribution in [3.05, 3.63) is 93.0 Å². The first-order valence-corrected chi connectivity index (χ1v) is 10.6. The first-order valence-electron chi connectivity index (χ1n) is 10.6. The van der Waals surface area contributed by atoms with Gasteiger partial charge in [0, 0.05) is 11.6 Å². The summed E-state index contributed by atoms with van der Waals surface area (Å²) in [6.07, 6.45) is -0.443. The Labute approximate surface area is 197 Å². The number of rotatable bonds is 8. The van der Waals surface area contributed by atoms with Gasteiger partial charge in [0.1, 0.15) is 17.9 Å². The molecular weight excluding hydrogens is 438 g/mol. The van der Waals surface area contributed by atoms with E-state index in [1.54, 1.807) is 32.9 Å². The van der Waals surface area contributed by atoms with E-state index in [-0.39, 0.29) is 40.3 Å². The molecule has 0 heterocycles. The number of nitro groups is 1. The number of benzene rings is 3. The molecule has 3 aromatic carbocycles. The standard InChI is InChI=1S/C26H25NO7/c1-16(2)34-26(29)22-17(3)14-21(33-15-18-10-6-5-7-11-18)24(25(28)32-4)23(22)19-12-8-9-13-20(19)27(30)31/h5-14,16H,15H2,1-4H3. The normalized spacial score (nSPS) is 10.6. The molecule has 0 fully saturated rings. The van der Waals surface area contributed by atoms with Gasteiger partial charge in [-0.2, -0.15) is 0 Å². The van der Waals surface area contributed by atoms with Gasteiger partial charge in [-0.05, 0) is 44.0 Å². The number of ether oxygens (including phenoxy) is 3. The maximum atomic E-state index is 13.1. The van der Waals surface area contributed by atoms with Crippen molar-refractivity contribution in [2.24, 2.45) is 0 Å². The van der Waals surface area contributed by atoms with Crippen molar-refractivity contribution in [3.63, 3.8) is 0 Å². The van der Waals surface area contributed by atoms with Gasteiger partial charge in [0.15, 0.2) is 0 Å². The van der Waals surface area contributed by atoms with Gasteiger partial charge in [-0.15, -0.1) is 0 Å². The monoisotopic (exact) mass is 463 g/mol. The molecule has 0 saturated heterocycles. The summed E-state index contributed by atoms with van der Waals surface area (Å²) in [5, 5.41) is 11.8. The SMILES string of the molecule is COC(=O)c1c(OCc2ccccc2)cc(C)c(C(=O)OC(C)C)c1-c1ccccc1[N+](=O)[O-]. The number of carbonyl (C=O) groups excluding carboxylic acids is 2. The lowest BCUT2D eigenvalue weighted by atomic mass is 9.89. The van der Waals surface area contributed by atoms with E-state index < -0.39 is 23.0 Å². The molecule has 0 aromatic heterocycles. The second-order valence-electron chi connectivity index (χ2n) is 7.81. The van der Waals surface area contributed by atoms with Crippen LogP contribution in [0.2, 0.25) is 0 Å². The number of carbonyl (C=O) groups is 2. The van der Waals surface area contributed by atoms with Crippen molar-refractivity contribution >= 4 is 17.6 Å². The van der Waals surface area contributed by atoms with E-state index in [1.807, 2.05) is 30.3 Å². The lowest BCUT2D eigenvalue weighted by molar-refractivity contribution is -0.384. The van der Waals surface area contributed by atoms with Gasteiger partial charge in [0.2, 0.25) is 0 Å². The first-order chi connectivity index (χ1) is 16.2. The zero-order chi connectivity index (χ0) is 24.8. The summed E-state index contributed by atoms with van der Waals surface area (Å²) in [7, 11) is 1.19. The predicted octanol–water partition coefficient (Wildman–Crippen LogP) is 5.50. The van der Waals surface area contributed by atoms with Crippen LogP contribution in [-0.2, 0) is 16.1 Å². The van der Waals surface area contributed by atoms with Crippen molar-refractivity contribution in [1.29, 1.82) is 0 Å². The maximum absolute atomic E-state index is 13.1. The minimum Gasteiger partial charge on any atom is -0.488 e. The predicted molar refractivity (Wildman–Crippen MR) is 126 cm³/mol. The Kier molecular flexibility index (Phi) is 7.63. The van der Waals surface area contributed by atoms with Gasteiger partial charge in [0.05, 0.1) is 29.3 Å². The fourth-order valence-corrected chi connectivity index (χ4v) is 3.59. The highest BCUT2D eigenvalue weighted by molar-refractivity contribution is 6.09. The van der Waals surface area contributed by atoms with Crippen molar-refractivity contribution in [1.82, 2.24) is 0 Å². The Bertz CT molecular complexity index is 1220. The van der Waals surface area contributed by atoms with Crippen LogP contribution in [0.25, 0.3) is 11.1 Å². The zero-order valence-corrected chi connectivity index (χ0v) is 19.4. The fraction of sp³-hybridized carbons (Fsp3) is 0.231. The highest BCUT2D eigenvalue weighted by atomic mass is 16.6. The number of hydrogen-bond acceptors (Lipinski definition) is 7. The van der Waals surface area contributed by atoms with E-state index >= 15 is 0 Å². The quantitative estimate of drug-likeness (QED) is 0.247. The third-order valence-electron chi connectivity index (χ3n) is 5.03. The van der Waals surface area contributed by atoms with E-state index in [0.29, 0.717) is 5.56 Å². The molecule has 3 aromatic rings. The maximum Gasteiger partial charge on any atom is 0.342 e. The number of hydrogen-bond donors (Lipinski definition) is 0. The zero-order valence-electron chi connectivity index (χ0n) is 19.4. The summed E-state index contributed by atoms with van der Waals surface area (Å²) in [4.78, 5) is 37.4. The molecule has 0 N–H and O–H groups in total. The average molecular weight is 463 g/mol. The van der Waals surface area contributed by atoms with Gasteiger partial charge in [-0.3, -0.25) is 10.1 Å².